The lowest BCUT2D eigenvalue weighted by Crippen LogP contribution is -1.92. The molecule has 0 radical (unpaired) electrons. The predicted octanol–water partition coefficient (Wildman–Crippen LogP) is 5.47. The van der Waals surface area contributed by atoms with Gasteiger partial charge in [-0.2, -0.15) is 0 Å². The molecule has 6 heteroatoms. The van der Waals surface area contributed by atoms with Gasteiger partial charge < -0.3 is 10.5 Å². The average Bonchev–Trinajstić information content (AvgIpc) is 2.48. The predicted molar refractivity (Wildman–Crippen MR) is 95.3 cm³/mol. The number of rotatable bonds is 6. The van der Waals surface area contributed by atoms with Crippen LogP contribution in [0.1, 0.15) is 0 Å². The van der Waals surface area contributed by atoms with Crippen molar-refractivity contribution in [3.05, 3.63) is 46.4 Å². The molecule has 0 heterocycles. The van der Waals surface area contributed by atoms with E-state index in [1.54, 1.807) is 36.7 Å². The fourth-order valence-electron chi connectivity index (χ4n) is 1.66. The minimum absolute atomic E-state index is 0.701. The molecule has 0 aliphatic carbocycles. The Bertz CT molecular complexity index is 623. The molecule has 0 spiro atoms. The summed E-state index contributed by atoms with van der Waals surface area (Å²) in [6, 6.07) is 11.2. The second-order valence-electron chi connectivity index (χ2n) is 4.18. The van der Waals surface area contributed by atoms with Crippen molar-refractivity contribution in [2.24, 2.45) is 0 Å². The SMILES string of the molecule is COc1ccc(N)c(SCCSc2cc(Cl)ccc2Cl)c1. The largest absolute Gasteiger partial charge is 0.497 e. The lowest BCUT2D eigenvalue weighted by atomic mass is 10.3. The Balaban J connectivity index is 1.88. The Kier molecular flexibility index (Phi) is 6.42. The second-order valence-corrected chi connectivity index (χ2v) is 7.29. The van der Waals surface area contributed by atoms with Gasteiger partial charge in [0.25, 0.3) is 0 Å². The molecule has 0 saturated heterocycles. The highest BCUT2D eigenvalue weighted by molar-refractivity contribution is 8.03. The van der Waals surface area contributed by atoms with Gasteiger partial charge in [0, 0.05) is 32.0 Å². The Morgan fingerprint density at radius 2 is 1.71 bits per heavy atom. The quantitative estimate of drug-likeness (QED) is 0.421. The van der Waals surface area contributed by atoms with Crippen molar-refractivity contribution in [1.29, 1.82) is 0 Å². The van der Waals surface area contributed by atoms with Crippen molar-refractivity contribution in [3.8, 4) is 5.75 Å². The maximum Gasteiger partial charge on any atom is 0.120 e. The van der Waals surface area contributed by atoms with Gasteiger partial charge in [-0.05, 0) is 36.4 Å². The standard InChI is InChI=1S/C15H15Cl2NOS2/c1-19-11-3-5-13(18)15(9-11)21-7-6-20-14-8-10(16)2-4-12(14)17/h2-5,8-9H,6-7,18H2,1H3. The third-order valence-corrected chi connectivity index (χ3v) is 5.78. The minimum atomic E-state index is 0.701. The summed E-state index contributed by atoms with van der Waals surface area (Å²) in [5, 5.41) is 1.43. The third kappa shape index (κ3) is 4.92. The second kappa shape index (κ2) is 8.08. The van der Waals surface area contributed by atoms with Gasteiger partial charge in [-0.1, -0.05) is 23.2 Å². The molecule has 0 bridgehead atoms. The highest BCUT2D eigenvalue weighted by Crippen LogP contribution is 2.33. The summed E-state index contributed by atoms with van der Waals surface area (Å²) >= 11 is 15.5. The number of benzene rings is 2. The molecule has 2 aromatic rings. The minimum Gasteiger partial charge on any atom is -0.497 e. The van der Waals surface area contributed by atoms with Gasteiger partial charge in [0.15, 0.2) is 0 Å². The number of halogens is 2. The molecule has 0 aliphatic heterocycles. The Morgan fingerprint density at radius 1 is 1.00 bits per heavy atom. The zero-order chi connectivity index (χ0) is 15.2. The molecule has 0 aliphatic rings. The van der Waals surface area contributed by atoms with Gasteiger partial charge in [-0.15, -0.1) is 23.5 Å². The number of nitrogen functional groups attached to an aromatic ring is 1. The maximum absolute atomic E-state index is 6.13. The molecule has 0 saturated carbocycles. The van der Waals surface area contributed by atoms with Crippen LogP contribution in [0.2, 0.25) is 10.0 Å². The Morgan fingerprint density at radius 3 is 2.43 bits per heavy atom. The van der Waals surface area contributed by atoms with Crippen molar-refractivity contribution in [2.75, 3.05) is 24.3 Å². The van der Waals surface area contributed by atoms with Crippen molar-refractivity contribution in [2.45, 2.75) is 9.79 Å². The number of thioether (sulfide) groups is 2. The van der Waals surface area contributed by atoms with Crippen LogP contribution in [0.15, 0.2) is 46.2 Å². The number of nitrogens with two attached hydrogens (primary N) is 1. The fourth-order valence-corrected chi connectivity index (χ4v) is 4.13. The highest BCUT2D eigenvalue weighted by Gasteiger charge is 2.05. The molecule has 0 atom stereocenters. The van der Waals surface area contributed by atoms with Crippen LogP contribution in [0.25, 0.3) is 0 Å². The van der Waals surface area contributed by atoms with Crippen LogP contribution in [-0.4, -0.2) is 18.6 Å². The van der Waals surface area contributed by atoms with Crippen LogP contribution >= 0.6 is 46.7 Å². The zero-order valence-corrected chi connectivity index (χ0v) is 14.6. The molecule has 112 valence electrons. The Hall–Kier alpha value is -0.680. The topological polar surface area (TPSA) is 35.2 Å². The summed E-state index contributed by atoms with van der Waals surface area (Å²) < 4.78 is 5.21. The monoisotopic (exact) mass is 359 g/mol. The van der Waals surface area contributed by atoms with E-state index in [4.69, 9.17) is 33.7 Å². The van der Waals surface area contributed by atoms with Crippen LogP contribution in [0.5, 0.6) is 5.75 Å². The van der Waals surface area contributed by atoms with Crippen LogP contribution in [-0.2, 0) is 0 Å². The summed E-state index contributed by atoms with van der Waals surface area (Å²) in [6.07, 6.45) is 0. The van der Waals surface area contributed by atoms with Crippen LogP contribution < -0.4 is 10.5 Å². The van der Waals surface area contributed by atoms with Crippen LogP contribution in [0.3, 0.4) is 0 Å². The number of methoxy groups -OCH3 is 1. The average molecular weight is 360 g/mol. The first-order valence-corrected chi connectivity index (χ1v) is 8.97. The van der Waals surface area contributed by atoms with E-state index >= 15 is 0 Å². The number of anilines is 1. The van der Waals surface area contributed by atoms with Gasteiger partial charge in [-0.3, -0.25) is 0 Å². The number of hydrogen-bond acceptors (Lipinski definition) is 4. The fraction of sp³-hybridized carbons (Fsp3) is 0.200. The summed E-state index contributed by atoms with van der Waals surface area (Å²) in [4.78, 5) is 2.04. The highest BCUT2D eigenvalue weighted by atomic mass is 35.5. The van der Waals surface area contributed by atoms with Gasteiger partial charge >= 0.3 is 0 Å². The molecule has 0 fully saturated rings. The first-order chi connectivity index (χ1) is 10.1. The number of hydrogen-bond donors (Lipinski definition) is 1. The lowest BCUT2D eigenvalue weighted by molar-refractivity contribution is 0.414. The lowest BCUT2D eigenvalue weighted by Gasteiger charge is -2.08. The smallest absolute Gasteiger partial charge is 0.120 e. The zero-order valence-electron chi connectivity index (χ0n) is 11.4. The van der Waals surface area contributed by atoms with Crippen molar-refractivity contribution in [3.63, 3.8) is 0 Å². The first-order valence-electron chi connectivity index (χ1n) is 6.24. The van der Waals surface area contributed by atoms with E-state index in [0.29, 0.717) is 5.02 Å². The normalized spacial score (nSPS) is 10.6. The molecular formula is C15H15Cl2NOS2. The summed E-state index contributed by atoms with van der Waals surface area (Å²) in [7, 11) is 1.65. The Labute approximate surface area is 143 Å². The molecule has 0 unspecified atom stereocenters. The van der Waals surface area contributed by atoms with E-state index in [9.17, 15) is 0 Å². The van der Waals surface area contributed by atoms with Gasteiger partial charge in [0.2, 0.25) is 0 Å². The summed E-state index contributed by atoms with van der Waals surface area (Å²) in [5.41, 5.74) is 6.73. The molecule has 2 N–H and O–H groups in total. The molecule has 2 rings (SSSR count). The van der Waals surface area contributed by atoms with Crippen LogP contribution in [0.4, 0.5) is 5.69 Å². The maximum atomic E-state index is 6.13. The van der Waals surface area contributed by atoms with E-state index in [1.165, 1.54) is 0 Å². The first kappa shape index (κ1) is 16.7. The van der Waals surface area contributed by atoms with E-state index in [-0.39, 0.29) is 0 Å². The van der Waals surface area contributed by atoms with Crippen LogP contribution in [0, 0.1) is 0 Å². The van der Waals surface area contributed by atoms with Gasteiger partial charge in [0.05, 0.1) is 12.1 Å². The van der Waals surface area contributed by atoms with Gasteiger partial charge in [0.1, 0.15) is 5.75 Å². The summed E-state index contributed by atoms with van der Waals surface area (Å²) in [5.74, 6) is 2.66. The third-order valence-electron chi connectivity index (χ3n) is 2.71. The molecule has 2 nitrogen and oxygen atoms in total. The van der Waals surface area contributed by atoms with E-state index in [1.807, 2.05) is 30.3 Å². The van der Waals surface area contributed by atoms with E-state index in [2.05, 4.69) is 0 Å². The van der Waals surface area contributed by atoms with E-state index < -0.39 is 0 Å². The molecule has 21 heavy (non-hydrogen) atoms. The number of ether oxygens (including phenoxy) is 1. The molecule has 2 aromatic carbocycles. The van der Waals surface area contributed by atoms with E-state index in [0.717, 1.165) is 37.8 Å². The molecular weight excluding hydrogens is 345 g/mol. The van der Waals surface area contributed by atoms with Crippen molar-refractivity contribution >= 4 is 52.4 Å². The summed E-state index contributed by atoms with van der Waals surface area (Å²) in [6.45, 7) is 0. The molecule has 0 amide bonds. The van der Waals surface area contributed by atoms with Gasteiger partial charge in [-0.25, -0.2) is 0 Å². The van der Waals surface area contributed by atoms with Crippen molar-refractivity contribution in [1.82, 2.24) is 0 Å². The van der Waals surface area contributed by atoms with Crippen molar-refractivity contribution < 1.29 is 4.74 Å². The molecule has 0 aromatic heterocycles.